The maximum absolute atomic E-state index is 13.8. The molecule has 1 atom stereocenters. The quantitative estimate of drug-likeness (QED) is 0.566. The fraction of sp³-hybridized carbons (Fsp3) is 0.292. The van der Waals surface area contributed by atoms with Crippen LogP contribution in [-0.2, 0) is 9.59 Å². The highest BCUT2D eigenvalue weighted by molar-refractivity contribution is 7.13. The van der Waals surface area contributed by atoms with Crippen molar-refractivity contribution in [3.63, 3.8) is 0 Å². The second-order valence-corrected chi connectivity index (χ2v) is 8.18. The van der Waals surface area contributed by atoms with Gasteiger partial charge in [0.2, 0.25) is 11.8 Å². The maximum atomic E-state index is 13.8. The molecule has 0 aliphatic rings. The van der Waals surface area contributed by atoms with Gasteiger partial charge in [0.1, 0.15) is 6.54 Å². The molecule has 30 heavy (non-hydrogen) atoms. The molecule has 1 aromatic heterocycles. The molecule has 0 fully saturated rings. The summed E-state index contributed by atoms with van der Waals surface area (Å²) in [7, 11) is 0. The van der Waals surface area contributed by atoms with Crippen LogP contribution in [-0.4, -0.2) is 34.3 Å². The summed E-state index contributed by atoms with van der Waals surface area (Å²) in [5.74, 6) is -0.776. The molecule has 2 amide bonds. The summed E-state index contributed by atoms with van der Waals surface area (Å²) in [6.07, 6.45) is 0.756. The van der Waals surface area contributed by atoms with E-state index in [0.29, 0.717) is 5.13 Å². The molecule has 0 radical (unpaired) electrons. The van der Waals surface area contributed by atoms with E-state index in [2.05, 4.69) is 10.3 Å². The highest BCUT2D eigenvalue weighted by Crippen LogP contribution is 2.28. The smallest absolute Gasteiger partial charge is 0.245 e. The molecule has 0 spiro atoms. The molecule has 6 heteroatoms. The summed E-state index contributed by atoms with van der Waals surface area (Å²) in [5.41, 5.74) is 2.69. The van der Waals surface area contributed by atoms with Crippen molar-refractivity contribution in [1.82, 2.24) is 9.88 Å². The summed E-state index contributed by atoms with van der Waals surface area (Å²) in [6, 6.07) is 19.4. The molecule has 5 nitrogen and oxygen atoms in total. The van der Waals surface area contributed by atoms with E-state index < -0.39 is 5.92 Å². The highest BCUT2D eigenvalue weighted by atomic mass is 32.1. The zero-order valence-electron chi connectivity index (χ0n) is 17.5. The molecule has 1 heterocycles. The lowest BCUT2D eigenvalue weighted by Crippen LogP contribution is -2.45. The molecule has 2 aromatic carbocycles. The van der Waals surface area contributed by atoms with Crippen molar-refractivity contribution in [2.75, 3.05) is 11.9 Å². The molecular formula is C24H27N3O2S. The number of nitrogens with zero attached hydrogens (tertiary/aromatic N) is 2. The van der Waals surface area contributed by atoms with Gasteiger partial charge in [-0.1, -0.05) is 67.6 Å². The van der Waals surface area contributed by atoms with E-state index >= 15 is 0 Å². The van der Waals surface area contributed by atoms with Crippen LogP contribution in [0.5, 0.6) is 0 Å². The average molecular weight is 422 g/mol. The van der Waals surface area contributed by atoms with Gasteiger partial charge in [0.25, 0.3) is 0 Å². The van der Waals surface area contributed by atoms with Gasteiger partial charge < -0.3 is 10.2 Å². The molecule has 0 saturated heterocycles. The fourth-order valence-electron chi connectivity index (χ4n) is 3.33. The Morgan fingerprint density at radius 1 is 1.03 bits per heavy atom. The average Bonchev–Trinajstić information content (AvgIpc) is 3.17. The Kier molecular flexibility index (Phi) is 7.36. The fourth-order valence-corrected chi connectivity index (χ4v) is 4.04. The Bertz CT molecular complexity index is 933. The first-order valence-electron chi connectivity index (χ1n) is 10.1. The first kappa shape index (κ1) is 21.7. The van der Waals surface area contributed by atoms with Crippen LogP contribution in [0.1, 0.15) is 43.0 Å². The van der Waals surface area contributed by atoms with Gasteiger partial charge in [-0.3, -0.25) is 9.59 Å². The number of aromatic nitrogens is 1. The van der Waals surface area contributed by atoms with Crippen LogP contribution in [0, 0.1) is 6.92 Å². The van der Waals surface area contributed by atoms with Gasteiger partial charge in [0, 0.05) is 11.4 Å². The summed E-state index contributed by atoms with van der Waals surface area (Å²) in [4.78, 5) is 32.4. The number of thiazole rings is 1. The zero-order valence-corrected chi connectivity index (χ0v) is 18.4. The first-order valence-corrected chi connectivity index (χ1v) is 11.0. The van der Waals surface area contributed by atoms with E-state index in [1.165, 1.54) is 11.3 Å². The summed E-state index contributed by atoms with van der Waals surface area (Å²) < 4.78 is 0. The number of carbonyl (C=O) groups excluding carboxylic acids is 2. The van der Waals surface area contributed by atoms with Crippen molar-refractivity contribution in [3.8, 4) is 0 Å². The van der Waals surface area contributed by atoms with Crippen LogP contribution in [0.4, 0.5) is 5.13 Å². The number of hydrogen-bond acceptors (Lipinski definition) is 4. The summed E-state index contributed by atoms with van der Waals surface area (Å²) >= 11 is 1.38. The Morgan fingerprint density at radius 2 is 1.60 bits per heavy atom. The number of hydrogen-bond donors (Lipinski definition) is 1. The summed E-state index contributed by atoms with van der Waals surface area (Å²) in [5, 5.41) is 5.26. The van der Waals surface area contributed by atoms with Crippen LogP contribution in [0.2, 0.25) is 0 Å². The molecule has 0 saturated carbocycles. The topological polar surface area (TPSA) is 62.3 Å². The van der Waals surface area contributed by atoms with Gasteiger partial charge in [-0.2, -0.15) is 0 Å². The molecule has 1 unspecified atom stereocenters. The van der Waals surface area contributed by atoms with Gasteiger partial charge in [0.15, 0.2) is 5.13 Å². The van der Waals surface area contributed by atoms with E-state index in [1.807, 2.05) is 86.8 Å². The second kappa shape index (κ2) is 10.2. The van der Waals surface area contributed by atoms with E-state index in [9.17, 15) is 9.59 Å². The van der Waals surface area contributed by atoms with Crippen LogP contribution in [0.25, 0.3) is 0 Å². The SMILES string of the molecule is CCC(C)N(CC(=O)Nc1nc(C)cs1)C(=O)C(c1ccccc1)c1ccccc1. The minimum absolute atomic E-state index is 0.0113. The lowest BCUT2D eigenvalue weighted by molar-refractivity contribution is -0.137. The van der Waals surface area contributed by atoms with Crippen molar-refractivity contribution < 1.29 is 9.59 Å². The molecule has 3 rings (SSSR count). The molecule has 0 aliphatic heterocycles. The number of amides is 2. The Labute approximate surface area is 181 Å². The van der Waals surface area contributed by atoms with Crippen molar-refractivity contribution in [1.29, 1.82) is 0 Å². The van der Waals surface area contributed by atoms with Crippen molar-refractivity contribution in [3.05, 3.63) is 82.9 Å². The lowest BCUT2D eigenvalue weighted by atomic mass is 9.89. The normalized spacial score (nSPS) is 11.9. The minimum atomic E-state index is -0.462. The third kappa shape index (κ3) is 5.33. The van der Waals surface area contributed by atoms with Crippen LogP contribution < -0.4 is 5.32 Å². The molecule has 3 aromatic rings. The standard InChI is InChI=1S/C24H27N3O2S/c1-4-18(3)27(15-21(28)26-24-25-17(2)16-30-24)23(29)22(19-11-7-5-8-12-19)20-13-9-6-10-14-20/h5-14,16,18,22H,4,15H2,1-3H3,(H,25,26,28). The lowest BCUT2D eigenvalue weighted by Gasteiger charge is -2.32. The largest absolute Gasteiger partial charge is 0.330 e. The third-order valence-corrected chi connectivity index (χ3v) is 5.97. The predicted molar refractivity (Wildman–Crippen MR) is 122 cm³/mol. The third-order valence-electron chi connectivity index (χ3n) is 5.10. The number of nitrogens with one attached hydrogen (secondary N) is 1. The minimum Gasteiger partial charge on any atom is -0.330 e. The molecule has 1 N–H and O–H groups in total. The predicted octanol–water partition coefficient (Wildman–Crippen LogP) is 4.85. The molecular weight excluding hydrogens is 394 g/mol. The zero-order chi connectivity index (χ0) is 21.5. The number of benzene rings is 2. The van der Waals surface area contributed by atoms with Gasteiger partial charge in [0.05, 0.1) is 11.6 Å². The number of carbonyl (C=O) groups is 2. The maximum Gasteiger partial charge on any atom is 0.245 e. The highest BCUT2D eigenvalue weighted by Gasteiger charge is 2.31. The number of anilines is 1. The monoisotopic (exact) mass is 421 g/mol. The number of aryl methyl sites for hydroxylation is 1. The van der Waals surface area contributed by atoms with Gasteiger partial charge in [-0.05, 0) is 31.4 Å². The van der Waals surface area contributed by atoms with E-state index in [1.54, 1.807) is 4.90 Å². The van der Waals surface area contributed by atoms with Crippen LogP contribution in [0.3, 0.4) is 0 Å². The summed E-state index contributed by atoms with van der Waals surface area (Å²) in [6.45, 7) is 5.87. The van der Waals surface area contributed by atoms with Gasteiger partial charge in [-0.25, -0.2) is 4.98 Å². The Morgan fingerprint density at radius 3 is 2.07 bits per heavy atom. The number of rotatable bonds is 8. The Hall–Kier alpha value is -2.99. The van der Waals surface area contributed by atoms with Crippen molar-refractivity contribution in [2.24, 2.45) is 0 Å². The molecule has 0 bridgehead atoms. The van der Waals surface area contributed by atoms with Gasteiger partial charge in [-0.15, -0.1) is 11.3 Å². The van der Waals surface area contributed by atoms with Crippen LogP contribution >= 0.6 is 11.3 Å². The van der Waals surface area contributed by atoms with Crippen molar-refractivity contribution in [2.45, 2.75) is 39.2 Å². The molecule has 0 aliphatic carbocycles. The Balaban J connectivity index is 1.88. The van der Waals surface area contributed by atoms with Crippen LogP contribution in [0.15, 0.2) is 66.0 Å². The van der Waals surface area contributed by atoms with Gasteiger partial charge >= 0.3 is 0 Å². The van der Waals surface area contributed by atoms with E-state index in [4.69, 9.17) is 0 Å². The van der Waals surface area contributed by atoms with E-state index in [-0.39, 0.29) is 24.4 Å². The first-order chi connectivity index (χ1) is 14.5. The second-order valence-electron chi connectivity index (χ2n) is 7.32. The van der Waals surface area contributed by atoms with Crippen molar-refractivity contribution >= 4 is 28.3 Å². The van der Waals surface area contributed by atoms with E-state index in [0.717, 1.165) is 23.2 Å². The molecule has 156 valence electrons.